The van der Waals surface area contributed by atoms with E-state index < -0.39 is 5.54 Å². The molecule has 0 bridgehead atoms. The van der Waals surface area contributed by atoms with Gasteiger partial charge in [-0.1, -0.05) is 43.7 Å². The van der Waals surface area contributed by atoms with Gasteiger partial charge in [-0.15, -0.1) is 10.2 Å². The second-order valence-corrected chi connectivity index (χ2v) is 5.54. The Balaban J connectivity index is 2.10. The summed E-state index contributed by atoms with van der Waals surface area (Å²) >= 11 is 5.64. The van der Waals surface area contributed by atoms with Crippen LogP contribution in [0, 0.1) is 11.3 Å². The monoisotopic (exact) mass is 292 g/mol. The molecule has 20 heavy (non-hydrogen) atoms. The van der Waals surface area contributed by atoms with E-state index in [-0.39, 0.29) is 16.8 Å². The lowest BCUT2D eigenvalue weighted by molar-refractivity contribution is 0.0901. The molecular formula is C14H17ClN4O. The molecule has 0 saturated heterocycles. The van der Waals surface area contributed by atoms with Crippen LogP contribution < -0.4 is 5.32 Å². The highest BCUT2D eigenvalue weighted by molar-refractivity contribution is 6.29. The van der Waals surface area contributed by atoms with Gasteiger partial charge in [0.1, 0.15) is 5.54 Å². The Kier molecular flexibility index (Phi) is 4.91. The van der Waals surface area contributed by atoms with Gasteiger partial charge in [-0.05, 0) is 25.0 Å². The molecule has 0 unspecified atom stereocenters. The Bertz CT molecular complexity index is 501. The molecule has 0 radical (unpaired) electrons. The van der Waals surface area contributed by atoms with Gasteiger partial charge in [-0.25, -0.2) is 0 Å². The number of nitrogens with one attached hydrogen (secondary N) is 1. The fraction of sp³-hybridized carbons (Fsp3) is 0.571. The van der Waals surface area contributed by atoms with E-state index in [0.29, 0.717) is 12.8 Å². The first-order valence-corrected chi connectivity index (χ1v) is 7.26. The zero-order valence-electron chi connectivity index (χ0n) is 11.2. The van der Waals surface area contributed by atoms with Gasteiger partial charge in [0.2, 0.25) is 0 Å². The van der Waals surface area contributed by atoms with Crippen molar-refractivity contribution >= 4 is 17.5 Å². The van der Waals surface area contributed by atoms with Gasteiger partial charge in [-0.3, -0.25) is 4.79 Å². The first kappa shape index (κ1) is 14.7. The number of aromatic nitrogens is 2. The smallest absolute Gasteiger partial charge is 0.273 e. The topological polar surface area (TPSA) is 78.7 Å². The molecule has 1 amide bonds. The van der Waals surface area contributed by atoms with Crippen molar-refractivity contribution in [2.24, 2.45) is 0 Å². The molecule has 1 N–H and O–H groups in total. The largest absolute Gasteiger partial charge is 0.332 e. The summed E-state index contributed by atoms with van der Waals surface area (Å²) in [5.41, 5.74) is -0.593. The number of rotatable bonds is 2. The first-order chi connectivity index (χ1) is 9.65. The molecule has 1 aromatic heterocycles. The summed E-state index contributed by atoms with van der Waals surface area (Å²) in [5, 5.41) is 19.9. The summed E-state index contributed by atoms with van der Waals surface area (Å²) in [5.74, 6) is -0.365. The molecule has 2 rings (SSSR count). The normalized spacial score (nSPS) is 18.4. The third-order valence-electron chi connectivity index (χ3n) is 3.64. The first-order valence-electron chi connectivity index (χ1n) is 6.88. The van der Waals surface area contributed by atoms with Crippen LogP contribution >= 0.6 is 11.6 Å². The number of amides is 1. The van der Waals surface area contributed by atoms with Crippen LogP contribution in [-0.2, 0) is 0 Å². The highest BCUT2D eigenvalue weighted by Crippen LogP contribution is 2.26. The quantitative estimate of drug-likeness (QED) is 0.909. The lowest BCUT2D eigenvalue weighted by Crippen LogP contribution is -2.48. The molecule has 1 saturated carbocycles. The van der Waals surface area contributed by atoms with E-state index in [1.165, 1.54) is 18.6 Å². The van der Waals surface area contributed by atoms with Gasteiger partial charge in [0.25, 0.3) is 5.91 Å². The zero-order valence-corrected chi connectivity index (χ0v) is 12.0. The third-order valence-corrected chi connectivity index (χ3v) is 3.84. The minimum Gasteiger partial charge on any atom is -0.332 e. The Hall–Kier alpha value is -1.67. The van der Waals surface area contributed by atoms with Crippen LogP contribution in [0.1, 0.15) is 55.4 Å². The number of hydrogen-bond donors (Lipinski definition) is 1. The van der Waals surface area contributed by atoms with E-state index in [0.717, 1.165) is 25.7 Å². The molecule has 0 aliphatic heterocycles. The van der Waals surface area contributed by atoms with Crippen LogP contribution in [0.4, 0.5) is 0 Å². The van der Waals surface area contributed by atoms with Crippen molar-refractivity contribution < 1.29 is 4.79 Å². The predicted octanol–water partition coefficient (Wildman–Crippen LogP) is 2.87. The predicted molar refractivity (Wildman–Crippen MR) is 75.2 cm³/mol. The molecule has 1 aliphatic rings. The third kappa shape index (κ3) is 3.67. The maximum absolute atomic E-state index is 12.2. The van der Waals surface area contributed by atoms with Crippen LogP contribution in [0.3, 0.4) is 0 Å². The van der Waals surface area contributed by atoms with Gasteiger partial charge in [0, 0.05) is 0 Å². The maximum atomic E-state index is 12.2. The molecular weight excluding hydrogens is 276 g/mol. The van der Waals surface area contributed by atoms with Crippen molar-refractivity contribution in [1.82, 2.24) is 15.5 Å². The van der Waals surface area contributed by atoms with Crippen LogP contribution in [-0.4, -0.2) is 21.6 Å². The minimum atomic E-state index is -0.779. The zero-order chi connectivity index (χ0) is 14.4. The summed E-state index contributed by atoms with van der Waals surface area (Å²) in [4.78, 5) is 12.2. The van der Waals surface area contributed by atoms with E-state index in [2.05, 4.69) is 21.6 Å². The van der Waals surface area contributed by atoms with Crippen LogP contribution in [0.15, 0.2) is 12.1 Å². The molecule has 5 nitrogen and oxygen atoms in total. The lowest BCUT2D eigenvalue weighted by Gasteiger charge is -2.29. The number of halogens is 1. The SMILES string of the molecule is N#CC1(NC(=O)c2ccc(Cl)nn2)CCCCCCC1. The van der Waals surface area contributed by atoms with Crippen molar-refractivity contribution in [3.8, 4) is 6.07 Å². The Labute approximate surface area is 123 Å². The van der Waals surface area contributed by atoms with E-state index in [4.69, 9.17) is 11.6 Å². The number of nitrogens with zero attached hydrogens (tertiary/aromatic N) is 3. The summed E-state index contributed by atoms with van der Waals surface area (Å²) in [6, 6.07) is 5.32. The lowest BCUT2D eigenvalue weighted by atomic mass is 9.85. The Morgan fingerprint density at radius 2 is 1.85 bits per heavy atom. The highest BCUT2D eigenvalue weighted by Gasteiger charge is 2.32. The maximum Gasteiger partial charge on any atom is 0.273 e. The average molecular weight is 293 g/mol. The Morgan fingerprint density at radius 3 is 2.40 bits per heavy atom. The second kappa shape index (κ2) is 6.67. The van der Waals surface area contributed by atoms with Crippen molar-refractivity contribution in [3.63, 3.8) is 0 Å². The van der Waals surface area contributed by atoms with Crippen molar-refractivity contribution in [2.75, 3.05) is 0 Å². The van der Waals surface area contributed by atoms with Gasteiger partial charge < -0.3 is 5.32 Å². The molecule has 1 aromatic rings. The molecule has 1 fully saturated rings. The summed E-state index contributed by atoms with van der Waals surface area (Å²) in [7, 11) is 0. The summed E-state index contributed by atoms with van der Waals surface area (Å²) in [6.07, 6.45) is 6.73. The van der Waals surface area contributed by atoms with Gasteiger partial charge in [0.05, 0.1) is 6.07 Å². The van der Waals surface area contributed by atoms with E-state index in [1.54, 1.807) is 0 Å². The van der Waals surface area contributed by atoms with Gasteiger partial charge in [0.15, 0.2) is 10.8 Å². The minimum absolute atomic E-state index is 0.186. The number of nitriles is 1. The van der Waals surface area contributed by atoms with Crippen LogP contribution in [0.5, 0.6) is 0 Å². The average Bonchev–Trinajstić information content (AvgIpc) is 2.43. The fourth-order valence-electron chi connectivity index (χ4n) is 2.49. The molecule has 6 heteroatoms. The van der Waals surface area contributed by atoms with E-state index in [9.17, 15) is 10.1 Å². The summed E-state index contributed by atoms with van der Waals surface area (Å²) in [6.45, 7) is 0. The van der Waals surface area contributed by atoms with E-state index in [1.807, 2.05) is 0 Å². The highest BCUT2D eigenvalue weighted by atomic mass is 35.5. The standard InChI is InChI=1S/C14H17ClN4O/c15-12-7-6-11(18-19-12)13(20)17-14(10-16)8-4-2-1-3-5-9-14/h6-7H,1-5,8-9H2,(H,17,20). The number of hydrogen-bond acceptors (Lipinski definition) is 4. The second-order valence-electron chi connectivity index (χ2n) is 5.16. The molecule has 1 heterocycles. The van der Waals surface area contributed by atoms with Crippen molar-refractivity contribution in [2.45, 2.75) is 50.5 Å². The van der Waals surface area contributed by atoms with Crippen molar-refractivity contribution in [1.29, 1.82) is 5.26 Å². The van der Waals surface area contributed by atoms with Crippen molar-refractivity contribution in [3.05, 3.63) is 23.0 Å². The van der Waals surface area contributed by atoms with Gasteiger partial charge >= 0.3 is 0 Å². The molecule has 0 atom stereocenters. The molecule has 1 aliphatic carbocycles. The summed E-state index contributed by atoms with van der Waals surface area (Å²) < 4.78 is 0. The fourth-order valence-corrected chi connectivity index (χ4v) is 2.59. The molecule has 0 aromatic carbocycles. The van der Waals surface area contributed by atoms with E-state index >= 15 is 0 Å². The molecule has 0 spiro atoms. The van der Waals surface area contributed by atoms with Gasteiger partial charge in [-0.2, -0.15) is 5.26 Å². The molecule has 106 valence electrons. The Morgan fingerprint density at radius 1 is 1.20 bits per heavy atom. The number of carbonyl (C=O) groups excluding carboxylic acids is 1. The van der Waals surface area contributed by atoms with Crippen LogP contribution in [0.2, 0.25) is 5.15 Å². The van der Waals surface area contributed by atoms with Crippen LogP contribution in [0.25, 0.3) is 0 Å². The number of carbonyl (C=O) groups is 1.